The van der Waals surface area contributed by atoms with Crippen molar-refractivity contribution in [1.29, 1.82) is 0 Å². The quantitative estimate of drug-likeness (QED) is 0.530. The second kappa shape index (κ2) is 9.95. The lowest BCUT2D eigenvalue weighted by atomic mass is 10.1. The molecule has 0 saturated heterocycles. The molecule has 1 atom stereocenters. The summed E-state index contributed by atoms with van der Waals surface area (Å²) in [6.45, 7) is 5.66. The Balaban J connectivity index is 2.17. The number of carbonyl (C=O) groups excluding carboxylic acids is 1. The van der Waals surface area contributed by atoms with Crippen LogP contribution in [0.3, 0.4) is 0 Å². The summed E-state index contributed by atoms with van der Waals surface area (Å²) in [5, 5.41) is 5.56. The van der Waals surface area contributed by atoms with Gasteiger partial charge in [-0.3, -0.25) is 0 Å². The van der Waals surface area contributed by atoms with Crippen LogP contribution in [0.2, 0.25) is 0 Å². The Hall–Kier alpha value is -0.910. The van der Waals surface area contributed by atoms with Gasteiger partial charge in [-0.25, -0.2) is 4.79 Å². The summed E-state index contributed by atoms with van der Waals surface area (Å²) in [5.74, 6) is -0.300. The molecule has 4 nitrogen and oxygen atoms in total. The van der Waals surface area contributed by atoms with E-state index < -0.39 is 0 Å². The smallest absolute Gasteiger partial charge is 0.332 e. The van der Waals surface area contributed by atoms with Gasteiger partial charge < -0.3 is 14.8 Å². The minimum atomic E-state index is -0.300. The summed E-state index contributed by atoms with van der Waals surface area (Å²) in [4.78, 5) is 12.4. The van der Waals surface area contributed by atoms with Crippen LogP contribution in [-0.2, 0) is 14.3 Å². The molecule has 0 aliphatic rings. The first-order chi connectivity index (χ1) is 9.27. The van der Waals surface area contributed by atoms with Crippen molar-refractivity contribution in [3.63, 3.8) is 0 Å². The lowest BCUT2D eigenvalue weighted by Gasteiger charge is -2.16. The van der Waals surface area contributed by atoms with Gasteiger partial charge in [0.2, 0.25) is 0 Å². The molecule has 0 aliphatic carbocycles. The standard InChI is InChI=1S/C14H23NO3S/c1-3-6-12(13-7-5-10-19-13)15-8-9-17-11-14(16)18-4-2/h5,7,10,12,15H,3-4,6,8-9,11H2,1-2H3. The zero-order valence-corrected chi connectivity index (χ0v) is 12.5. The van der Waals surface area contributed by atoms with Gasteiger partial charge in [0.25, 0.3) is 0 Å². The fraction of sp³-hybridized carbons (Fsp3) is 0.643. The third-order valence-electron chi connectivity index (χ3n) is 2.63. The van der Waals surface area contributed by atoms with Crippen LogP contribution in [-0.4, -0.2) is 32.3 Å². The van der Waals surface area contributed by atoms with E-state index in [1.54, 1.807) is 18.3 Å². The van der Waals surface area contributed by atoms with E-state index in [1.165, 1.54) is 4.88 Å². The SMILES string of the molecule is CCCC(NCCOCC(=O)OCC)c1cccs1. The average Bonchev–Trinajstić information content (AvgIpc) is 2.91. The minimum absolute atomic E-state index is 0.0347. The maximum Gasteiger partial charge on any atom is 0.332 e. The fourth-order valence-corrected chi connectivity index (χ4v) is 2.62. The number of ether oxygens (including phenoxy) is 2. The molecule has 1 rings (SSSR count). The van der Waals surface area contributed by atoms with Crippen LogP contribution in [0.15, 0.2) is 17.5 Å². The van der Waals surface area contributed by atoms with Crippen molar-refractivity contribution >= 4 is 17.3 Å². The van der Waals surface area contributed by atoms with Gasteiger partial charge in [0.1, 0.15) is 6.61 Å². The van der Waals surface area contributed by atoms with E-state index in [0.29, 0.717) is 19.3 Å². The van der Waals surface area contributed by atoms with Gasteiger partial charge in [0.15, 0.2) is 0 Å². The molecule has 19 heavy (non-hydrogen) atoms. The van der Waals surface area contributed by atoms with Crippen LogP contribution in [0.4, 0.5) is 0 Å². The third kappa shape index (κ3) is 6.71. The van der Waals surface area contributed by atoms with Crippen LogP contribution < -0.4 is 5.32 Å². The lowest BCUT2D eigenvalue weighted by Crippen LogP contribution is -2.26. The van der Waals surface area contributed by atoms with E-state index in [-0.39, 0.29) is 12.6 Å². The van der Waals surface area contributed by atoms with Gasteiger partial charge in [-0.15, -0.1) is 11.3 Å². The number of nitrogens with one attached hydrogen (secondary N) is 1. The molecule has 1 heterocycles. The van der Waals surface area contributed by atoms with Crippen molar-refractivity contribution in [3.8, 4) is 0 Å². The molecule has 1 aromatic heterocycles. The van der Waals surface area contributed by atoms with Gasteiger partial charge in [-0.1, -0.05) is 19.4 Å². The highest BCUT2D eigenvalue weighted by Gasteiger charge is 2.10. The molecule has 0 fully saturated rings. The molecular formula is C14H23NO3S. The molecule has 0 amide bonds. The molecule has 0 radical (unpaired) electrons. The third-order valence-corrected chi connectivity index (χ3v) is 3.61. The fourth-order valence-electron chi connectivity index (χ4n) is 1.79. The highest BCUT2D eigenvalue weighted by molar-refractivity contribution is 7.10. The molecule has 0 bridgehead atoms. The molecular weight excluding hydrogens is 262 g/mol. The van der Waals surface area contributed by atoms with Gasteiger partial charge in [0, 0.05) is 17.5 Å². The molecule has 0 aliphatic heterocycles. The van der Waals surface area contributed by atoms with Crippen molar-refractivity contribution < 1.29 is 14.3 Å². The van der Waals surface area contributed by atoms with E-state index in [4.69, 9.17) is 9.47 Å². The Bertz CT molecular complexity index is 340. The van der Waals surface area contributed by atoms with E-state index in [0.717, 1.165) is 19.4 Å². The summed E-state index contributed by atoms with van der Waals surface area (Å²) in [6.07, 6.45) is 2.25. The number of rotatable bonds is 10. The minimum Gasteiger partial charge on any atom is -0.464 e. The van der Waals surface area contributed by atoms with Crippen LogP contribution in [0, 0.1) is 0 Å². The van der Waals surface area contributed by atoms with Crippen molar-refractivity contribution in [2.75, 3.05) is 26.4 Å². The van der Waals surface area contributed by atoms with E-state index in [9.17, 15) is 4.79 Å². The average molecular weight is 285 g/mol. The van der Waals surface area contributed by atoms with E-state index in [1.807, 2.05) is 0 Å². The van der Waals surface area contributed by atoms with Crippen molar-refractivity contribution in [1.82, 2.24) is 5.32 Å². The molecule has 1 unspecified atom stereocenters. The van der Waals surface area contributed by atoms with Gasteiger partial charge in [-0.05, 0) is 24.8 Å². The molecule has 0 saturated carbocycles. The number of hydrogen-bond donors (Lipinski definition) is 1. The topological polar surface area (TPSA) is 47.6 Å². The Kier molecular flexibility index (Phi) is 8.45. The first-order valence-electron chi connectivity index (χ1n) is 6.78. The predicted molar refractivity (Wildman–Crippen MR) is 77.4 cm³/mol. The van der Waals surface area contributed by atoms with Crippen LogP contribution in [0.1, 0.15) is 37.6 Å². The normalized spacial score (nSPS) is 12.3. The summed E-state index contributed by atoms with van der Waals surface area (Å²) < 4.78 is 10.0. The Labute approximate surface area is 119 Å². The number of thiophene rings is 1. The summed E-state index contributed by atoms with van der Waals surface area (Å²) in [7, 11) is 0. The highest BCUT2D eigenvalue weighted by Crippen LogP contribution is 2.22. The van der Waals surface area contributed by atoms with Crippen LogP contribution in [0.25, 0.3) is 0 Å². The monoisotopic (exact) mass is 285 g/mol. The number of esters is 1. The van der Waals surface area contributed by atoms with Crippen LogP contribution >= 0.6 is 11.3 Å². The van der Waals surface area contributed by atoms with Crippen LogP contribution in [0.5, 0.6) is 0 Å². The lowest BCUT2D eigenvalue weighted by molar-refractivity contribution is -0.148. The first-order valence-corrected chi connectivity index (χ1v) is 7.66. The zero-order valence-electron chi connectivity index (χ0n) is 11.7. The Morgan fingerprint density at radius 3 is 2.95 bits per heavy atom. The highest BCUT2D eigenvalue weighted by atomic mass is 32.1. The van der Waals surface area contributed by atoms with Crippen molar-refractivity contribution in [2.45, 2.75) is 32.7 Å². The Morgan fingerprint density at radius 2 is 2.32 bits per heavy atom. The molecule has 108 valence electrons. The largest absolute Gasteiger partial charge is 0.464 e. The Morgan fingerprint density at radius 1 is 1.47 bits per heavy atom. The molecule has 1 N–H and O–H groups in total. The number of hydrogen-bond acceptors (Lipinski definition) is 5. The van der Waals surface area contributed by atoms with E-state index >= 15 is 0 Å². The van der Waals surface area contributed by atoms with Gasteiger partial charge in [-0.2, -0.15) is 0 Å². The zero-order chi connectivity index (χ0) is 13.9. The van der Waals surface area contributed by atoms with Gasteiger partial charge in [0.05, 0.1) is 13.2 Å². The van der Waals surface area contributed by atoms with Gasteiger partial charge >= 0.3 is 5.97 Å². The maximum absolute atomic E-state index is 11.1. The number of carbonyl (C=O) groups is 1. The molecule has 0 aromatic carbocycles. The summed E-state index contributed by atoms with van der Waals surface area (Å²) >= 11 is 1.77. The maximum atomic E-state index is 11.1. The van der Waals surface area contributed by atoms with Crippen molar-refractivity contribution in [2.24, 2.45) is 0 Å². The summed E-state index contributed by atoms with van der Waals surface area (Å²) in [6, 6.07) is 4.61. The van der Waals surface area contributed by atoms with E-state index in [2.05, 4.69) is 29.8 Å². The molecule has 0 spiro atoms. The molecule has 1 aromatic rings. The summed E-state index contributed by atoms with van der Waals surface area (Å²) in [5.41, 5.74) is 0. The predicted octanol–water partition coefficient (Wildman–Crippen LogP) is 2.76. The second-order valence-electron chi connectivity index (χ2n) is 4.17. The molecule has 5 heteroatoms. The second-order valence-corrected chi connectivity index (χ2v) is 5.15. The first kappa shape index (κ1) is 16.1. The van der Waals surface area contributed by atoms with Crippen molar-refractivity contribution in [3.05, 3.63) is 22.4 Å².